The fourth-order valence-electron chi connectivity index (χ4n) is 1.85. The second-order valence-electron chi connectivity index (χ2n) is 4.32. The Morgan fingerprint density at radius 2 is 1.90 bits per heavy atom. The van der Waals surface area contributed by atoms with Gasteiger partial charge >= 0.3 is 0 Å². The lowest BCUT2D eigenvalue weighted by molar-refractivity contribution is 0.274. The molecular weight excluding hydrogens is 322 g/mol. The van der Waals surface area contributed by atoms with Crippen LogP contribution in [0.1, 0.15) is 11.1 Å². The highest BCUT2D eigenvalue weighted by Crippen LogP contribution is 2.29. The van der Waals surface area contributed by atoms with Crippen molar-refractivity contribution in [2.45, 2.75) is 13.2 Å². The zero-order valence-electron chi connectivity index (χ0n) is 11.1. The zero-order chi connectivity index (χ0) is 14.5. The summed E-state index contributed by atoms with van der Waals surface area (Å²) in [6.45, 7) is 0.358. The van der Waals surface area contributed by atoms with Crippen molar-refractivity contribution in [1.29, 1.82) is 0 Å². The summed E-state index contributed by atoms with van der Waals surface area (Å²) in [5.74, 6) is 1.22. The molecule has 0 aliphatic carbocycles. The SMILES string of the molecule is COc1cc(CO)ccc1OCc1cc(N)cc(Br)c1. The lowest BCUT2D eigenvalue weighted by atomic mass is 10.2. The summed E-state index contributed by atoms with van der Waals surface area (Å²) in [6.07, 6.45) is 0. The van der Waals surface area contributed by atoms with Gasteiger partial charge in [-0.25, -0.2) is 0 Å². The molecule has 0 heterocycles. The minimum atomic E-state index is -0.0290. The number of hydrogen-bond donors (Lipinski definition) is 2. The molecular formula is C15H16BrNO3. The van der Waals surface area contributed by atoms with Gasteiger partial charge in [-0.15, -0.1) is 0 Å². The summed E-state index contributed by atoms with van der Waals surface area (Å²) in [5.41, 5.74) is 8.21. The number of ether oxygens (including phenoxy) is 2. The minimum Gasteiger partial charge on any atom is -0.493 e. The van der Waals surface area contributed by atoms with Crippen LogP contribution in [0.4, 0.5) is 5.69 Å². The van der Waals surface area contributed by atoms with E-state index in [1.165, 1.54) is 0 Å². The maximum Gasteiger partial charge on any atom is 0.161 e. The Labute approximate surface area is 126 Å². The molecule has 0 aliphatic heterocycles. The van der Waals surface area contributed by atoms with E-state index in [1.54, 1.807) is 25.3 Å². The Morgan fingerprint density at radius 1 is 1.10 bits per heavy atom. The number of rotatable bonds is 5. The van der Waals surface area contributed by atoms with Crippen LogP contribution in [-0.4, -0.2) is 12.2 Å². The molecule has 20 heavy (non-hydrogen) atoms. The molecule has 0 unspecified atom stereocenters. The molecule has 0 radical (unpaired) electrons. The van der Waals surface area contributed by atoms with Crippen molar-refractivity contribution in [3.8, 4) is 11.5 Å². The molecule has 5 heteroatoms. The van der Waals surface area contributed by atoms with E-state index in [1.807, 2.05) is 18.2 Å². The summed E-state index contributed by atoms with van der Waals surface area (Å²) < 4.78 is 11.9. The first kappa shape index (κ1) is 14.7. The highest BCUT2D eigenvalue weighted by atomic mass is 79.9. The van der Waals surface area contributed by atoms with Crippen molar-refractivity contribution >= 4 is 21.6 Å². The first-order valence-electron chi connectivity index (χ1n) is 6.08. The van der Waals surface area contributed by atoms with E-state index in [0.29, 0.717) is 23.8 Å². The van der Waals surface area contributed by atoms with Crippen molar-refractivity contribution in [2.24, 2.45) is 0 Å². The second-order valence-corrected chi connectivity index (χ2v) is 5.24. The van der Waals surface area contributed by atoms with Gasteiger partial charge in [-0.05, 0) is 41.5 Å². The summed E-state index contributed by atoms with van der Waals surface area (Å²) in [7, 11) is 1.57. The average Bonchev–Trinajstić information content (AvgIpc) is 2.44. The van der Waals surface area contributed by atoms with Gasteiger partial charge in [-0.2, -0.15) is 0 Å². The smallest absolute Gasteiger partial charge is 0.161 e. The van der Waals surface area contributed by atoms with Gasteiger partial charge in [-0.3, -0.25) is 0 Å². The number of hydrogen-bond acceptors (Lipinski definition) is 4. The van der Waals surface area contributed by atoms with Gasteiger partial charge in [-0.1, -0.05) is 22.0 Å². The van der Waals surface area contributed by atoms with Crippen LogP contribution in [-0.2, 0) is 13.2 Å². The van der Waals surface area contributed by atoms with Crippen molar-refractivity contribution in [1.82, 2.24) is 0 Å². The van der Waals surface area contributed by atoms with E-state index >= 15 is 0 Å². The van der Waals surface area contributed by atoms with E-state index in [2.05, 4.69) is 15.9 Å². The highest BCUT2D eigenvalue weighted by molar-refractivity contribution is 9.10. The van der Waals surface area contributed by atoms with Crippen molar-refractivity contribution in [3.05, 3.63) is 52.0 Å². The fourth-order valence-corrected chi connectivity index (χ4v) is 2.41. The molecule has 0 aliphatic rings. The van der Waals surface area contributed by atoms with Crippen molar-refractivity contribution in [3.63, 3.8) is 0 Å². The molecule has 0 atom stereocenters. The molecule has 0 bridgehead atoms. The predicted molar refractivity (Wildman–Crippen MR) is 81.8 cm³/mol. The van der Waals surface area contributed by atoms with Crippen LogP contribution in [0.3, 0.4) is 0 Å². The van der Waals surface area contributed by atoms with Crippen molar-refractivity contribution in [2.75, 3.05) is 12.8 Å². The first-order valence-corrected chi connectivity index (χ1v) is 6.87. The maximum absolute atomic E-state index is 9.10. The molecule has 4 nitrogen and oxygen atoms in total. The second kappa shape index (κ2) is 6.63. The third kappa shape index (κ3) is 3.65. The maximum atomic E-state index is 9.10. The van der Waals surface area contributed by atoms with Gasteiger partial charge < -0.3 is 20.3 Å². The number of benzene rings is 2. The quantitative estimate of drug-likeness (QED) is 0.823. The number of aliphatic hydroxyl groups is 1. The number of nitrogens with two attached hydrogens (primary N) is 1. The van der Waals surface area contributed by atoms with E-state index in [9.17, 15) is 0 Å². The molecule has 0 spiro atoms. The topological polar surface area (TPSA) is 64.7 Å². The van der Waals surface area contributed by atoms with Gasteiger partial charge in [0.15, 0.2) is 11.5 Å². The standard InChI is InChI=1S/C15H16BrNO3/c1-19-15-6-10(8-18)2-3-14(15)20-9-11-4-12(16)7-13(17)5-11/h2-7,18H,8-9,17H2,1H3. The average molecular weight is 338 g/mol. The predicted octanol–water partition coefficient (Wildman–Crippen LogP) is 3.11. The first-order chi connectivity index (χ1) is 9.62. The molecule has 2 rings (SSSR count). The Bertz CT molecular complexity index is 581. The molecule has 2 aromatic carbocycles. The molecule has 106 valence electrons. The molecule has 0 aromatic heterocycles. The normalized spacial score (nSPS) is 10.3. The summed E-state index contributed by atoms with van der Waals surface area (Å²) in [6, 6.07) is 11.0. The Morgan fingerprint density at radius 3 is 2.55 bits per heavy atom. The number of halogens is 1. The van der Waals surface area contributed by atoms with Crippen LogP contribution in [0, 0.1) is 0 Å². The molecule has 3 N–H and O–H groups in total. The third-order valence-electron chi connectivity index (χ3n) is 2.78. The van der Waals surface area contributed by atoms with Gasteiger partial charge in [0.1, 0.15) is 6.61 Å². The molecule has 0 saturated carbocycles. The van der Waals surface area contributed by atoms with Crippen molar-refractivity contribution < 1.29 is 14.6 Å². The Kier molecular flexibility index (Phi) is 4.87. The number of aliphatic hydroxyl groups excluding tert-OH is 1. The van der Waals surface area contributed by atoms with Gasteiger partial charge in [0, 0.05) is 10.2 Å². The zero-order valence-corrected chi connectivity index (χ0v) is 12.7. The molecule has 0 fully saturated rings. The van der Waals surface area contributed by atoms with Crippen LogP contribution in [0.15, 0.2) is 40.9 Å². The summed E-state index contributed by atoms with van der Waals surface area (Å²) >= 11 is 3.40. The Hall–Kier alpha value is -1.72. The minimum absolute atomic E-state index is 0.0290. The monoisotopic (exact) mass is 337 g/mol. The third-order valence-corrected chi connectivity index (χ3v) is 3.24. The van der Waals surface area contributed by atoms with Crippen LogP contribution in [0.2, 0.25) is 0 Å². The summed E-state index contributed by atoms with van der Waals surface area (Å²) in [4.78, 5) is 0. The fraction of sp³-hybridized carbons (Fsp3) is 0.200. The lowest BCUT2D eigenvalue weighted by Gasteiger charge is -2.12. The van der Waals surface area contributed by atoms with E-state index in [-0.39, 0.29) is 6.61 Å². The molecule has 0 saturated heterocycles. The number of methoxy groups -OCH3 is 1. The van der Waals surface area contributed by atoms with E-state index < -0.39 is 0 Å². The van der Waals surface area contributed by atoms with Crippen LogP contribution in [0.25, 0.3) is 0 Å². The van der Waals surface area contributed by atoms with Crippen LogP contribution < -0.4 is 15.2 Å². The van der Waals surface area contributed by atoms with Gasteiger partial charge in [0.05, 0.1) is 13.7 Å². The van der Waals surface area contributed by atoms with Gasteiger partial charge in [0.2, 0.25) is 0 Å². The Balaban J connectivity index is 2.14. The lowest BCUT2D eigenvalue weighted by Crippen LogP contribution is -1.99. The molecule has 0 amide bonds. The molecule has 2 aromatic rings. The number of anilines is 1. The summed E-state index contributed by atoms with van der Waals surface area (Å²) in [5, 5.41) is 9.10. The van der Waals surface area contributed by atoms with Gasteiger partial charge in [0.25, 0.3) is 0 Å². The number of nitrogen functional groups attached to an aromatic ring is 1. The van der Waals surface area contributed by atoms with E-state index in [4.69, 9.17) is 20.3 Å². The van der Waals surface area contributed by atoms with Crippen LogP contribution in [0.5, 0.6) is 11.5 Å². The van der Waals surface area contributed by atoms with E-state index in [0.717, 1.165) is 15.6 Å². The highest BCUT2D eigenvalue weighted by Gasteiger charge is 2.06. The largest absolute Gasteiger partial charge is 0.493 e. The van der Waals surface area contributed by atoms with Crippen LogP contribution >= 0.6 is 15.9 Å².